The second kappa shape index (κ2) is 10.3. The summed E-state index contributed by atoms with van der Waals surface area (Å²) in [7, 11) is 5.93. The second-order valence-corrected chi connectivity index (χ2v) is 8.24. The summed E-state index contributed by atoms with van der Waals surface area (Å²) in [6.07, 6.45) is 1.10. The van der Waals surface area contributed by atoms with Gasteiger partial charge in [0.1, 0.15) is 12.3 Å². The van der Waals surface area contributed by atoms with Crippen LogP contribution in [0.25, 0.3) is 5.69 Å². The van der Waals surface area contributed by atoms with Crippen molar-refractivity contribution in [2.45, 2.75) is 39.8 Å². The first-order chi connectivity index (χ1) is 14.9. The van der Waals surface area contributed by atoms with Gasteiger partial charge in [-0.1, -0.05) is 30.3 Å². The number of carbonyl (C=O) groups excluding carboxylic acids is 1. The Hall–Kier alpha value is -3.12. The van der Waals surface area contributed by atoms with Gasteiger partial charge in [0, 0.05) is 30.3 Å². The average molecular weight is 422 g/mol. The second-order valence-electron chi connectivity index (χ2n) is 8.24. The van der Waals surface area contributed by atoms with Gasteiger partial charge in [-0.15, -0.1) is 0 Å². The molecule has 0 aliphatic heterocycles. The summed E-state index contributed by atoms with van der Waals surface area (Å²) in [4.78, 5) is 13.8. The highest BCUT2D eigenvalue weighted by atomic mass is 16.5. The van der Waals surface area contributed by atoms with E-state index in [1.54, 1.807) is 7.11 Å². The first-order valence-corrected chi connectivity index (χ1v) is 10.7. The van der Waals surface area contributed by atoms with Gasteiger partial charge in [-0.3, -0.25) is 4.79 Å². The van der Waals surface area contributed by atoms with Gasteiger partial charge in [0.05, 0.1) is 32.6 Å². The highest BCUT2D eigenvalue weighted by Gasteiger charge is 2.14. The maximum atomic E-state index is 12.4. The number of hydrogen-bond donors (Lipinski definition) is 2. The Balaban J connectivity index is 1.57. The lowest BCUT2D eigenvalue weighted by atomic mass is 10.1. The number of aryl methyl sites for hydroxylation is 1. The largest absolute Gasteiger partial charge is 0.497 e. The van der Waals surface area contributed by atoms with Crippen molar-refractivity contribution in [1.29, 1.82) is 0 Å². The Morgan fingerprint density at radius 3 is 2.48 bits per heavy atom. The van der Waals surface area contributed by atoms with Gasteiger partial charge in [-0.2, -0.15) is 5.10 Å². The van der Waals surface area contributed by atoms with Crippen LogP contribution in [0, 0.1) is 13.8 Å². The fraction of sp³-hybridized carbons (Fsp3) is 0.360. The number of quaternary nitrogens is 1. The normalized spacial score (nSPS) is 11.0. The van der Waals surface area contributed by atoms with Gasteiger partial charge in [0.2, 0.25) is 5.91 Å². The highest BCUT2D eigenvalue weighted by Crippen LogP contribution is 2.22. The van der Waals surface area contributed by atoms with Crippen LogP contribution >= 0.6 is 0 Å². The van der Waals surface area contributed by atoms with E-state index in [9.17, 15) is 4.79 Å². The molecule has 0 aliphatic carbocycles. The first-order valence-electron chi connectivity index (χ1n) is 10.7. The molecule has 31 heavy (non-hydrogen) atoms. The number of ether oxygens (including phenoxy) is 1. The van der Waals surface area contributed by atoms with Crippen LogP contribution in [0.5, 0.6) is 5.75 Å². The molecule has 3 rings (SSSR count). The number of aromatic nitrogens is 2. The highest BCUT2D eigenvalue weighted by molar-refractivity contribution is 5.76. The smallest absolute Gasteiger partial charge is 0.220 e. The minimum atomic E-state index is 0.0507. The molecular weight excluding hydrogens is 388 g/mol. The molecule has 0 radical (unpaired) electrons. The first kappa shape index (κ1) is 22.6. The number of methoxy groups -OCH3 is 1. The summed E-state index contributed by atoms with van der Waals surface area (Å²) in [5.74, 6) is 0.844. The Kier molecular flexibility index (Phi) is 7.47. The van der Waals surface area contributed by atoms with Crippen LogP contribution in [0.15, 0.2) is 48.5 Å². The van der Waals surface area contributed by atoms with Crippen LogP contribution in [0.2, 0.25) is 0 Å². The van der Waals surface area contributed by atoms with Crippen LogP contribution in [-0.4, -0.2) is 36.9 Å². The van der Waals surface area contributed by atoms with E-state index in [4.69, 9.17) is 4.74 Å². The molecular formula is C25H33N4O2+. The predicted molar refractivity (Wildman–Crippen MR) is 123 cm³/mol. The number of nitrogens with one attached hydrogen (secondary N) is 2. The van der Waals surface area contributed by atoms with Crippen LogP contribution in [0.4, 0.5) is 0 Å². The van der Waals surface area contributed by atoms with Gasteiger partial charge >= 0.3 is 0 Å². The zero-order valence-corrected chi connectivity index (χ0v) is 19.2. The van der Waals surface area contributed by atoms with E-state index in [0.29, 0.717) is 19.4 Å². The Bertz CT molecular complexity index is 1020. The third-order valence-corrected chi connectivity index (χ3v) is 5.41. The van der Waals surface area contributed by atoms with E-state index >= 15 is 0 Å². The molecule has 0 saturated heterocycles. The van der Waals surface area contributed by atoms with Crippen molar-refractivity contribution < 1.29 is 14.4 Å². The third kappa shape index (κ3) is 5.95. The summed E-state index contributed by atoms with van der Waals surface area (Å²) < 4.78 is 7.24. The Morgan fingerprint density at radius 2 is 1.81 bits per heavy atom. The maximum Gasteiger partial charge on any atom is 0.220 e. The van der Waals surface area contributed by atoms with E-state index in [1.807, 2.05) is 42.8 Å². The molecule has 0 unspecified atom stereocenters. The number of amides is 1. The quantitative estimate of drug-likeness (QED) is 0.558. The molecule has 6 heteroatoms. The molecule has 2 N–H and O–H groups in total. The van der Waals surface area contributed by atoms with E-state index in [1.165, 1.54) is 10.5 Å². The maximum absolute atomic E-state index is 12.4. The van der Waals surface area contributed by atoms with Gasteiger partial charge in [-0.25, -0.2) is 4.68 Å². The Labute approximate surface area is 184 Å². The number of hydrogen-bond acceptors (Lipinski definition) is 3. The minimum Gasteiger partial charge on any atom is -0.497 e. The lowest BCUT2D eigenvalue weighted by Crippen LogP contribution is -3.04. The van der Waals surface area contributed by atoms with Crippen molar-refractivity contribution in [3.05, 3.63) is 76.6 Å². The number of rotatable bonds is 9. The summed E-state index contributed by atoms with van der Waals surface area (Å²) in [5, 5.41) is 7.72. The van der Waals surface area contributed by atoms with Gasteiger partial charge in [-0.05, 0) is 43.5 Å². The van der Waals surface area contributed by atoms with Crippen molar-refractivity contribution in [3.8, 4) is 11.4 Å². The molecule has 0 atom stereocenters. The van der Waals surface area contributed by atoms with Gasteiger partial charge < -0.3 is 15.0 Å². The molecule has 0 saturated carbocycles. The molecule has 6 nitrogen and oxygen atoms in total. The number of nitrogens with zero attached hydrogens (tertiary/aromatic N) is 2. The molecule has 2 aromatic carbocycles. The van der Waals surface area contributed by atoms with Crippen molar-refractivity contribution in [1.82, 2.24) is 15.1 Å². The standard InChI is InChI=1S/C25H32N4O2/c1-18-24(19(2)29(27-18)22-7-6-8-23(15-22)31-5)13-14-25(30)26-16-20-9-11-21(12-10-20)17-28(3)4/h6-12,15H,13-14,16-17H2,1-5H3,(H,26,30)/p+1. The topological polar surface area (TPSA) is 60.6 Å². The average Bonchev–Trinajstić information content (AvgIpc) is 3.04. The van der Waals surface area contributed by atoms with E-state index in [0.717, 1.165) is 40.5 Å². The van der Waals surface area contributed by atoms with Crippen LogP contribution < -0.4 is 15.0 Å². The lowest BCUT2D eigenvalue weighted by molar-refractivity contribution is -0.872. The molecule has 1 aromatic heterocycles. The predicted octanol–water partition coefficient (Wildman–Crippen LogP) is 2.39. The molecule has 1 heterocycles. The molecule has 0 aliphatic rings. The van der Waals surface area contributed by atoms with Crippen LogP contribution in [0.1, 0.15) is 34.5 Å². The zero-order valence-electron chi connectivity index (χ0n) is 19.2. The van der Waals surface area contributed by atoms with Crippen molar-refractivity contribution >= 4 is 5.91 Å². The molecule has 0 spiro atoms. The van der Waals surface area contributed by atoms with Crippen molar-refractivity contribution in [2.75, 3.05) is 21.2 Å². The van der Waals surface area contributed by atoms with Gasteiger partial charge in [0.15, 0.2) is 0 Å². The zero-order chi connectivity index (χ0) is 22.4. The monoisotopic (exact) mass is 421 g/mol. The summed E-state index contributed by atoms with van der Waals surface area (Å²) >= 11 is 0. The Morgan fingerprint density at radius 1 is 1.10 bits per heavy atom. The van der Waals surface area contributed by atoms with E-state index < -0.39 is 0 Å². The number of benzene rings is 2. The van der Waals surface area contributed by atoms with E-state index in [-0.39, 0.29) is 5.91 Å². The summed E-state index contributed by atoms with van der Waals surface area (Å²) in [6.45, 7) is 5.58. The SMILES string of the molecule is COc1cccc(-n2nc(C)c(CCC(=O)NCc3ccc(C[NH+](C)C)cc3)c2C)c1. The molecule has 164 valence electrons. The fourth-order valence-electron chi connectivity index (χ4n) is 3.74. The molecule has 0 bridgehead atoms. The van der Waals surface area contributed by atoms with Crippen LogP contribution in [0.3, 0.4) is 0 Å². The number of carbonyl (C=O) groups is 1. The lowest BCUT2D eigenvalue weighted by Gasteiger charge is -2.09. The third-order valence-electron chi connectivity index (χ3n) is 5.41. The van der Waals surface area contributed by atoms with Crippen molar-refractivity contribution in [3.63, 3.8) is 0 Å². The minimum absolute atomic E-state index is 0.0507. The molecule has 3 aromatic rings. The fourth-order valence-corrected chi connectivity index (χ4v) is 3.74. The molecule has 1 amide bonds. The summed E-state index contributed by atoms with van der Waals surface area (Å²) in [5.41, 5.74) is 6.49. The van der Waals surface area contributed by atoms with Gasteiger partial charge in [0.25, 0.3) is 0 Å². The van der Waals surface area contributed by atoms with Crippen molar-refractivity contribution in [2.24, 2.45) is 0 Å². The molecule has 0 fully saturated rings. The summed E-state index contributed by atoms with van der Waals surface area (Å²) in [6, 6.07) is 16.3. The van der Waals surface area contributed by atoms with E-state index in [2.05, 4.69) is 48.8 Å². The van der Waals surface area contributed by atoms with Crippen LogP contribution in [-0.2, 0) is 24.3 Å².